The van der Waals surface area contributed by atoms with Crippen LogP contribution in [0.25, 0.3) is 0 Å². The minimum atomic E-state index is -0.188. The lowest BCUT2D eigenvalue weighted by atomic mass is 9.98. The van der Waals surface area contributed by atoms with Gasteiger partial charge in [0.25, 0.3) is 0 Å². The molecule has 0 amide bonds. The second-order valence-electron chi connectivity index (χ2n) is 6.25. The standard InChI is InChI=1S/C15H28N2OS/c1-7-12(18)8-9-16-10(2)13-11(3)17-14(19-13)15(4,5)6/h10,12,16,18H,7-9H2,1-6H3. The first-order valence-electron chi connectivity index (χ1n) is 7.15. The van der Waals surface area contributed by atoms with Crippen LogP contribution < -0.4 is 5.32 Å². The number of hydrogen-bond acceptors (Lipinski definition) is 4. The summed E-state index contributed by atoms with van der Waals surface area (Å²) in [6, 6.07) is 0.303. The first-order chi connectivity index (χ1) is 8.75. The van der Waals surface area contributed by atoms with Crippen LogP contribution in [0.2, 0.25) is 0 Å². The quantitative estimate of drug-likeness (QED) is 0.839. The van der Waals surface area contributed by atoms with Crippen molar-refractivity contribution in [3.8, 4) is 0 Å². The third-order valence-corrected chi connectivity index (χ3v) is 5.03. The van der Waals surface area contributed by atoms with Gasteiger partial charge >= 0.3 is 0 Å². The van der Waals surface area contributed by atoms with E-state index in [-0.39, 0.29) is 11.5 Å². The van der Waals surface area contributed by atoms with Crippen molar-refractivity contribution in [2.45, 2.75) is 71.9 Å². The summed E-state index contributed by atoms with van der Waals surface area (Å²) in [5.41, 5.74) is 1.25. The molecule has 0 radical (unpaired) electrons. The van der Waals surface area contributed by atoms with Crippen LogP contribution in [-0.4, -0.2) is 22.7 Å². The smallest absolute Gasteiger partial charge is 0.0985 e. The molecule has 1 rings (SSSR count). The van der Waals surface area contributed by atoms with E-state index >= 15 is 0 Å². The summed E-state index contributed by atoms with van der Waals surface area (Å²) in [7, 11) is 0. The van der Waals surface area contributed by atoms with Crippen LogP contribution in [0.3, 0.4) is 0 Å². The number of aryl methyl sites for hydroxylation is 1. The first-order valence-corrected chi connectivity index (χ1v) is 7.96. The van der Waals surface area contributed by atoms with Gasteiger partial charge in [0.05, 0.1) is 16.8 Å². The molecule has 0 saturated heterocycles. The highest BCUT2D eigenvalue weighted by Crippen LogP contribution is 2.32. The van der Waals surface area contributed by atoms with Crippen molar-refractivity contribution in [3.63, 3.8) is 0 Å². The molecule has 110 valence electrons. The van der Waals surface area contributed by atoms with E-state index in [1.54, 1.807) is 11.3 Å². The summed E-state index contributed by atoms with van der Waals surface area (Å²) in [5.74, 6) is 0. The Labute approximate surface area is 121 Å². The SMILES string of the molecule is CCC(O)CCNC(C)c1sc(C(C)(C)C)nc1C. The second kappa shape index (κ2) is 6.82. The summed E-state index contributed by atoms with van der Waals surface area (Å²) in [6.45, 7) is 13.7. The van der Waals surface area contributed by atoms with Crippen LogP contribution in [0.4, 0.5) is 0 Å². The largest absolute Gasteiger partial charge is 0.393 e. The molecule has 1 aromatic heterocycles. The van der Waals surface area contributed by atoms with Crippen LogP contribution in [-0.2, 0) is 5.41 Å². The number of nitrogens with zero attached hydrogens (tertiary/aromatic N) is 1. The second-order valence-corrected chi connectivity index (χ2v) is 7.28. The lowest BCUT2D eigenvalue weighted by Crippen LogP contribution is -2.23. The fraction of sp³-hybridized carbons (Fsp3) is 0.800. The van der Waals surface area contributed by atoms with Gasteiger partial charge in [0.1, 0.15) is 0 Å². The predicted octanol–water partition coefficient (Wildman–Crippen LogP) is 3.56. The zero-order valence-corrected chi connectivity index (χ0v) is 13.9. The normalized spacial score (nSPS) is 15.5. The molecule has 19 heavy (non-hydrogen) atoms. The molecule has 0 aliphatic rings. The van der Waals surface area contributed by atoms with Gasteiger partial charge in [-0.2, -0.15) is 0 Å². The van der Waals surface area contributed by atoms with Crippen molar-refractivity contribution in [1.82, 2.24) is 10.3 Å². The first kappa shape index (κ1) is 16.6. The highest BCUT2D eigenvalue weighted by molar-refractivity contribution is 7.12. The van der Waals surface area contributed by atoms with Gasteiger partial charge in [-0.05, 0) is 33.2 Å². The van der Waals surface area contributed by atoms with E-state index in [1.165, 1.54) is 9.88 Å². The van der Waals surface area contributed by atoms with Crippen molar-refractivity contribution in [2.75, 3.05) is 6.54 Å². The Bertz CT molecular complexity index is 395. The van der Waals surface area contributed by atoms with Crippen LogP contribution in [0.1, 0.15) is 69.1 Å². The number of aromatic nitrogens is 1. The molecule has 2 unspecified atom stereocenters. The van der Waals surface area contributed by atoms with E-state index < -0.39 is 0 Å². The zero-order chi connectivity index (χ0) is 14.6. The number of hydrogen-bond donors (Lipinski definition) is 2. The number of nitrogens with one attached hydrogen (secondary N) is 1. The van der Waals surface area contributed by atoms with Gasteiger partial charge in [-0.15, -0.1) is 11.3 Å². The Kier molecular flexibility index (Phi) is 5.96. The van der Waals surface area contributed by atoms with Gasteiger partial charge in [0.15, 0.2) is 0 Å². The molecular formula is C15H28N2OS. The molecule has 0 bridgehead atoms. The minimum absolute atomic E-state index is 0.117. The van der Waals surface area contributed by atoms with Crippen molar-refractivity contribution in [1.29, 1.82) is 0 Å². The molecular weight excluding hydrogens is 256 g/mol. The zero-order valence-electron chi connectivity index (χ0n) is 13.1. The average molecular weight is 284 g/mol. The molecule has 3 nitrogen and oxygen atoms in total. The third-order valence-electron chi connectivity index (χ3n) is 3.27. The summed E-state index contributed by atoms with van der Waals surface area (Å²) in [5, 5.41) is 14.2. The summed E-state index contributed by atoms with van der Waals surface area (Å²) in [6.07, 6.45) is 1.45. The third kappa shape index (κ3) is 4.86. The Morgan fingerprint density at radius 3 is 2.47 bits per heavy atom. The summed E-state index contributed by atoms with van der Waals surface area (Å²) < 4.78 is 0. The molecule has 0 saturated carbocycles. The monoisotopic (exact) mass is 284 g/mol. The molecule has 2 N–H and O–H groups in total. The Morgan fingerprint density at radius 2 is 2.00 bits per heavy atom. The summed E-state index contributed by atoms with van der Waals surface area (Å²) in [4.78, 5) is 6.01. The molecule has 0 spiro atoms. The summed E-state index contributed by atoms with van der Waals surface area (Å²) >= 11 is 1.80. The van der Waals surface area contributed by atoms with E-state index in [2.05, 4.69) is 39.9 Å². The maximum atomic E-state index is 9.56. The molecule has 0 aliphatic carbocycles. The molecule has 0 fully saturated rings. The number of thiazole rings is 1. The fourth-order valence-electron chi connectivity index (χ4n) is 1.89. The lowest BCUT2D eigenvalue weighted by molar-refractivity contribution is 0.159. The Hall–Kier alpha value is -0.450. The molecule has 0 aliphatic heterocycles. The van der Waals surface area contributed by atoms with E-state index in [4.69, 9.17) is 4.98 Å². The molecule has 2 atom stereocenters. The van der Waals surface area contributed by atoms with Gasteiger partial charge in [0.2, 0.25) is 0 Å². The van der Waals surface area contributed by atoms with Crippen molar-refractivity contribution >= 4 is 11.3 Å². The predicted molar refractivity (Wildman–Crippen MR) is 82.9 cm³/mol. The van der Waals surface area contributed by atoms with Crippen LogP contribution in [0.15, 0.2) is 0 Å². The van der Waals surface area contributed by atoms with Crippen molar-refractivity contribution in [3.05, 3.63) is 15.6 Å². The highest BCUT2D eigenvalue weighted by atomic mass is 32.1. The van der Waals surface area contributed by atoms with Gasteiger partial charge in [0, 0.05) is 16.3 Å². The van der Waals surface area contributed by atoms with Gasteiger partial charge in [-0.3, -0.25) is 0 Å². The van der Waals surface area contributed by atoms with Crippen molar-refractivity contribution < 1.29 is 5.11 Å². The van der Waals surface area contributed by atoms with Gasteiger partial charge in [-0.25, -0.2) is 4.98 Å². The molecule has 1 aromatic rings. The van der Waals surface area contributed by atoms with Gasteiger partial charge in [-0.1, -0.05) is 27.7 Å². The van der Waals surface area contributed by atoms with E-state index in [0.717, 1.165) is 25.1 Å². The molecule has 0 aromatic carbocycles. The van der Waals surface area contributed by atoms with Crippen molar-refractivity contribution in [2.24, 2.45) is 0 Å². The topological polar surface area (TPSA) is 45.1 Å². The maximum absolute atomic E-state index is 9.56. The number of aliphatic hydroxyl groups excluding tert-OH is 1. The van der Waals surface area contributed by atoms with Crippen LogP contribution >= 0.6 is 11.3 Å². The number of rotatable bonds is 6. The minimum Gasteiger partial charge on any atom is -0.393 e. The Balaban J connectivity index is 2.62. The fourth-order valence-corrected chi connectivity index (χ4v) is 3.04. The van der Waals surface area contributed by atoms with E-state index in [1.807, 2.05) is 6.92 Å². The maximum Gasteiger partial charge on any atom is 0.0985 e. The molecule has 1 heterocycles. The Morgan fingerprint density at radius 1 is 1.37 bits per heavy atom. The van der Waals surface area contributed by atoms with E-state index in [0.29, 0.717) is 6.04 Å². The van der Waals surface area contributed by atoms with Crippen LogP contribution in [0.5, 0.6) is 0 Å². The molecule has 4 heteroatoms. The highest BCUT2D eigenvalue weighted by Gasteiger charge is 2.22. The average Bonchev–Trinajstić information content (AvgIpc) is 2.70. The van der Waals surface area contributed by atoms with E-state index in [9.17, 15) is 5.11 Å². The van der Waals surface area contributed by atoms with Crippen LogP contribution in [0, 0.1) is 6.92 Å². The van der Waals surface area contributed by atoms with Gasteiger partial charge < -0.3 is 10.4 Å². The number of aliphatic hydroxyl groups is 1. The lowest BCUT2D eigenvalue weighted by Gasteiger charge is -2.15.